The molecule has 7 nitrogen and oxygen atoms in total. The number of benzene rings is 2. The third kappa shape index (κ3) is 6.17. The normalized spacial score (nSPS) is 18.4. The Morgan fingerprint density at radius 2 is 1.74 bits per heavy atom. The molecule has 1 aliphatic carbocycles. The minimum absolute atomic E-state index is 0.0129. The number of urea groups is 1. The molecule has 0 radical (unpaired) electrons. The van der Waals surface area contributed by atoms with Gasteiger partial charge in [-0.15, -0.1) is 0 Å². The number of nitrogens with one attached hydrogen (secondary N) is 3. The van der Waals surface area contributed by atoms with Gasteiger partial charge in [-0.05, 0) is 85.9 Å². The van der Waals surface area contributed by atoms with Crippen molar-refractivity contribution >= 4 is 22.8 Å². The molecule has 4 rings (SSSR count). The fourth-order valence-electron chi connectivity index (χ4n) is 5.30. The van der Waals surface area contributed by atoms with Crippen molar-refractivity contribution in [3.05, 3.63) is 71.4 Å². The standard InChI is InChI=1S/C28H31F3N4O3/c1-3-24(33-27(37)35-34-26(36)19-11-13-20(38-2)14-12-19)18-9-7-17(8-10-18)21-15-16-32-25-22(21)5-4-6-23(25)28(29,30)31/h4-6,11-18,24H,3,7-10H2,1-2H3,(H,34,36)(H2,33,35,37)/t17-,18+,24?. The van der Waals surface area contributed by atoms with Gasteiger partial charge < -0.3 is 10.1 Å². The predicted octanol–water partition coefficient (Wildman–Crippen LogP) is 5.96. The van der Waals surface area contributed by atoms with Crippen molar-refractivity contribution in [2.45, 2.75) is 57.2 Å². The quantitative estimate of drug-likeness (QED) is 0.344. The number of fused-ring (bicyclic) bond motifs is 1. The van der Waals surface area contributed by atoms with Crippen molar-refractivity contribution in [2.75, 3.05) is 7.11 Å². The minimum Gasteiger partial charge on any atom is -0.497 e. The Balaban J connectivity index is 1.33. The molecular weight excluding hydrogens is 497 g/mol. The summed E-state index contributed by atoms with van der Waals surface area (Å²) in [5, 5.41) is 3.49. The van der Waals surface area contributed by atoms with E-state index in [2.05, 4.69) is 21.2 Å². The van der Waals surface area contributed by atoms with Crippen LogP contribution in [0, 0.1) is 5.92 Å². The van der Waals surface area contributed by atoms with Gasteiger partial charge in [0.25, 0.3) is 5.91 Å². The Bertz CT molecular complexity index is 1270. The Labute approximate surface area is 219 Å². The fourth-order valence-corrected chi connectivity index (χ4v) is 5.30. The second-order valence-electron chi connectivity index (χ2n) is 9.51. The second kappa shape index (κ2) is 11.7. The van der Waals surface area contributed by atoms with Crippen LogP contribution >= 0.6 is 0 Å². The van der Waals surface area contributed by atoms with Gasteiger partial charge in [0.05, 0.1) is 18.2 Å². The van der Waals surface area contributed by atoms with E-state index in [0.717, 1.165) is 37.3 Å². The molecule has 0 aliphatic heterocycles. The number of amides is 3. The van der Waals surface area contributed by atoms with Gasteiger partial charge in [0, 0.05) is 23.2 Å². The van der Waals surface area contributed by atoms with Crippen LogP contribution < -0.4 is 20.9 Å². The summed E-state index contributed by atoms with van der Waals surface area (Å²) in [5.74, 6) is 0.513. The van der Waals surface area contributed by atoms with E-state index in [1.165, 1.54) is 19.4 Å². The molecule has 3 N–H and O–H groups in total. The highest BCUT2D eigenvalue weighted by molar-refractivity contribution is 5.95. The summed E-state index contributed by atoms with van der Waals surface area (Å²) in [6.07, 6.45) is 0.955. The molecular formula is C28H31F3N4O3. The zero-order valence-electron chi connectivity index (χ0n) is 21.3. The molecule has 0 saturated heterocycles. The Kier molecular flexibility index (Phi) is 8.38. The summed E-state index contributed by atoms with van der Waals surface area (Å²) in [7, 11) is 1.53. The fraction of sp³-hybridized carbons (Fsp3) is 0.393. The zero-order chi connectivity index (χ0) is 27.3. The molecule has 3 aromatic rings. The first-order chi connectivity index (χ1) is 18.2. The van der Waals surface area contributed by atoms with E-state index in [1.807, 2.05) is 13.0 Å². The van der Waals surface area contributed by atoms with Gasteiger partial charge in [-0.3, -0.25) is 15.2 Å². The molecule has 1 aromatic heterocycles. The van der Waals surface area contributed by atoms with Crippen LogP contribution in [-0.2, 0) is 6.18 Å². The number of rotatable bonds is 6. The van der Waals surface area contributed by atoms with Crippen molar-refractivity contribution in [2.24, 2.45) is 5.92 Å². The molecule has 0 bridgehead atoms. The molecule has 202 valence electrons. The van der Waals surface area contributed by atoms with Crippen molar-refractivity contribution in [3.8, 4) is 5.75 Å². The summed E-state index contributed by atoms with van der Waals surface area (Å²) in [6, 6.07) is 11.9. The minimum atomic E-state index is -4.46. The van der Waals surface area contributed by atoms with Crippen LogP contribution in [0.25, 0.3) is 10.9 Å². The topological polar surface area (TPSA) is 92.4 Å². The number of hydrogen-bond acceptors (Lipinski definition) is 4. The van der Waals surface area contributed by atoms with Crippen LogP contribution in [0.2, 0.25) is 0 Å². The molecule has 10 heteroatoms. The summed E-state index contributed by atoms with van der Waals surface area (Å²) < 4.78 is 45.5. The van der Waals surface area contributed by atoms with Gasteiger partial charge in [0.15, 0.2) is 0 Å². The smallest absolute Gasteiger partial charge is 0.418 e. The van der Waals surface area contributed by atoms with Gasteiger partial charge in [-0.1, -0.05) is 19.1 Å². The van der Waals surface area contributed by atoms with Crippen LogP contribution in [0.1, 0.15) is 66.4 Å². The first-order valence-corrected chi connectivity index (χ1v) is 12.7. The summed E-state index contributed by atoms with van der Waals surface area (Å²) >= 11 is 0. The maximum atomic E-state index is 13.5. The number of hydrazine groups is 1. The predicted molar refractivity (Wildman–Crippen MR) is 138 cm³/mol. The van der Waals surface area contributed by atoms with Gasteiger partial charge in [-0.2, -0.15) is 13.2 Å². The van der Waals surface area contributed by atoms with Crippen molar-refractivity contribution in [1.82, 2.24) is 21.2 Å². The number of ether oxygens (including phenoxy) is 1. The third-order valence-corrected chi connectivity index (χ3v) is 7.29. The molecule has 3 amide bonds. The molecule has 1 saturated carbocycles. The Hall–Kier alpha value is -3.82. The lowest BCUT2D eigenvalue weighted by Crippen LogP contribution is -2.51. The van der Waals surface area contributed by atoms with Gasteiger partial charge in [0.1, 0.15) is 5.75 Å². The molecule has 1 aliphatic rings. The highest BCUT2D eigenvalue weighted by Gasteiger charge is 2.34. The summed E-state index contributed by atoms with van der Waals surface area (Å²) in [6.45, 7) is 1.99. The number of pyridine rings is 1. The van der Waals surface area contributed by atoms with Crippen molar-refractivity contribution < 1.29 is 27.5 Å². The van der Waals surface area contributed by atoms with Gasteiger partial charge in [-0.25, -0.2) is 10.2 Å². The van der Waals surface area contributed by atoms with E-state index in [0.29, 0.717) is 23.1 Å². The maximum absolute atomic E-state index is 13.5. The van der Waals surface area contributed by atoms with Crippen LogP contribution in [0.5, 0.6) is 5.75 Å². The van der Waals surface area contributed by atoms with E-state index in [1.54, 1.807) is 30.3 Å². The second-order valence-corrected chi connectivity index (χ2v) is 9.51. The average molecular weight is 529 g/mol. The first kappa shape index (κ1) is 27.2. The summed E-state index contributed by atoms with van der Waals surface area (Å²) in [4.78, 5) is 28.8. The number of halogens is 3. The zero-order valence-corrected chi connectivity index (χ0v) is 21.3. The SMILES string of the molecule is CCC(NC(=O)NNC(=O)c1ccc(OC)cc1)[C@H]1CC[C@@H](c2ccnc3c(C(F)(F)F)cccc32)CC1. The number of carbonyl (C=O) groups is 2. The van der Waals surface area contributed by atoms with Gasteiger partial charge in [0.2, 0.25) is 0 Å². The lowest BCUT2D eigenvalue weighted by atomic mass is 9.75. The third-order valence-electron chi connectivity index (χ3n) is 7.29. The van der Waals surface area contributed by atoms with E-state index < -0.39 is 23.7 Å². The van der Waals surface area contributed by atoms with E-state index in [-0.39, 0.29) is 23.4 Å². The molecule has 1 atom stereocenters. The van der Waals surface area contributed by atoms with Gasteiger partial charge >= 0.3 is 12.2 Å². The molecule has 0 spiro atoms. The van der Waals surface area contributed by atoms with E-state index in [9.17, 15) is 22.8 Å². The number of aromatic nitrogens is 1. The molecule has 38 heavy (non-hydrogen) atoms. The number of methoxy groups -OCH3 is 1. The average Bonchev–Trinajstić information content (AvgIpc) is 2.93. The van der Waals surface area contributed by atoms with Crippen LogP contribution in [0.4, 0.5) is 18.0 Å². The lowest BCUT2D eigenvalue weighted by Gasteiger charge is -2.34. The molecule has 2 aromatic carbocycles. The van der Waals surface area contributed by atoms with Crippen molar-refractivity contribution in [1.29, 1.82) is 0 Å². The highest BCUT2D eigenvalue weighted by Crippen LogP contribution is 2.41. The number of para-hydroxylation sites is 1. The lowest BCUT2D eigenvalue weighted by molar-refractivity contribution is -0.136. The van der Waals surface area contributed by atoms with Crippen LogP contribution in [0.15, 0.2) is 54.7 Å². The first-order valence-electron chi connectivity index (χ1n) is 12.7. The number of nitrogens with zero attached hydrogens (tertiary/aromatic N) is 1. The van der Waals surface area contributed by atoms with E-state index >= 15 is 0 Å². The number of carbonyl (C=O) groups excluding carboxylic acids is 2. The van der Waals surface area contributed by atoms with Crippen LogP contribution in [-0.4, -0.2) is 30.1 Å². The number of hydrogen-bond donors (Lipinski definition) is 3. The van der Waals surface area contributed by atoms with Crippen molar-refractivity contribution in [3.63, 3.8) is 0 Å². The van der Waals surface area contributed by atoms with E-state index in [4.69, 9.17) is 4.74 Å². The summed E-state index contributed by atoms with van der Waals surface area (Å²) in [5.41, 5.74) is 5.34. The monoisotopic (exact) mass is 528 g/mol. The highest BCUT2D eigenvalue weighted by atomic mass is 19.4. The number of alkyl halides is 3. The van der Waals surface area contributed by atoms with Crippen LogP contribution in [0.3, 0.4) is 0 Å². The Morgan fingerprint density at radius 3 is 2.37 bits per heavy atom. The largest absolute Gasteiger partial charge is 0.497 e. The molecule has 1 unspecified atom stereocenters. The Morgan fingerprint density at radius 1 is 1.03 bits per heavy atom. The molecule has 1 fully saturated rings. The maximum Gasteiger partial charge on any atom is 0.418 e. The molecule has 1 heterocycles.